The number of rotatable bonds is 8. The van der Waals surface area contributed by atoms with Crippen molar-refractivity contribution in [2.45, 2.75) is 19.0 Å². The molecule has 4 rings (SSSR count). The van der Waals surface area contributed by atoms with Gasteiger partial charge in [0.25, 0.3) is 5.91 Å². The first-order chi connectivity index (χ1) is 14.2. The van der Waals surface area contributed by atoms with Crippen molar-refractivity contribution in [3.63, 3.8) is 0 Å². The quantitative estimate of drug-likeness (QED) is 0.597. The van der Waals surface area contributed by atoms with Crippen molar-refractivity contribution in [1.29, 1.82) is 0 Å². The van der Waals surface area contributed by atoms with E-state index in [1.54, 1.807) is 24.5 Å². The summed E-state index contributed by atoms with van der Waals surface area (Å²) in [5.41, 5.74) is 1.52. The van der Waals surface area contributed by atoms with E-state index in [0.717, 1.165) is 29.3 Å². The van der Waals surface area contributed by atoms with Gasteiger partial charge in [0.05, 0.1) is 12.9 Å². The molecule has 7 heteroatoms. The van der Waals surface area contributed by atoms with E-state index in [9.17, 15) is 9.59 Å². The van der Waals surface area contributed by atoms with Gasteiger partial charge in [-0.2, -0.15) is 0 Å². The molecule has 0 radical (unpaired) electrons. The van der Waals surface area contributed by atoms with Crippen molar-refractivity contribution in [2.75, 3.05) is 26.8 Å². The first-order valence-electron chi connectivity index (χ1n) is 9.75. The molecule has 150 valence electrons. The van der Waals surface area contributed by atoms with E-state index in [2.05, 4.69) is 10.3 Å². The van der Waals surface area contributed by atoms with E-state index in [-0.39, 0.29) is 11.8 Å². The van der Waals surface area contributed by atoms with Gasteiger partial charge in [-0.1, -0.05) is 30.3 Å². The number of imidazole rings is 1. The van der Waals surface area contributed by atoms with Crippen LogP contribution in [0.2, 0.25) is 0 Å². The zero-order valence-corrected chi connectivity index (χ0v) is 16.4. The predicted octanol–water partition coefficient (Wildman–Crippen LogP) is 2.39. The highest BCUT2D eigenvalue weighted by Crippen LogP contribution is 2.37. The van der Waals surface area contributed by atoms with Gasteiger partial charge in [0, 0.05) is 50.1 Å². The van der Waals surface area contributed by atoms with Crippen LogP contribution >= 0.6 is 0 Å². The van der Waals surface area contributed by atoms with Crippen LogP contribution in [0.15, 0.2) is 55.1 Å². The highest BCUT2D eigenvalue weighted by molar-refractivity contribution is 6.13. The molecule has 1 atom stereocenters. The van der Waals surface area contributed by atoms with Gasteiger partial charge in [0.15, 0.2) is 0 Å². The number of hydrogen-bond acceptors (Lipinski definition) is 4. The average Bonchev–Trinajstić information content (AvgIpc) is 3.25. The standard InChI is InChI=1S/C22H24N4O3/c1-29-14-10-24-21(27)20-17-7-2-5-16-6-3-8-18(19(16)17)22(28)26(20)12-4-11-25-13-9-23-15-25/h2-3,5-9,13,15,20H,4,10-12,14H2,1H3,(H,24,27). The molecule has 1 aliphatic heterocycles. The Morgan fingerprint density at radius 1 is 1.21 bits per heavy atom. The Bertz CT molecular complexity index is 1010. The van der Waals surface area contributed by atoms with Gasteiger partial charge in [-0.25, -0.2) is 4.98 Å². The zero-order valence-electron chi connectivity index (χ0n) is 16.4. The van der Waals surface area contributed by atoms with Gasteiger partial charge in [-0.05, 0) is 23.4 Å². The Morgan fingerprint density at radius 2 is 2.03 bits per heavy atom. The normalized spacial score (nSPS) is 15.7. The van der Waals surface area contributed by atoms with E-state index in [4.69, 9.17) is 4.74 Å². The minimum absolute atomic E-state index is 0.105. The monoisotopic (exact) mass is 392 g/mol. The lowest BCUT2D eigenvalue weighted by molar-refractivity contribution is -0.126. The predicted molar refractivity (Wildman–Crippen MR) is 109 cm³/mol. The van der Waals surface area contributed by atoms with Crippen LogP contribution in [0.3, 0.4) is 0 Å². The minimum Gasteiger partial charge on any atom is -0.383 e. The van der Waals surface area contributed by atoms with Gasteiger partial charge in [-0.3, -0.25) is 9.59 Å². The van der Waals surface area contributed by atoms with Gasteiger partial charge < -0.3 is 19.5 Å². The summed E-state index contributed by atoms with van der Waals surface area (Å²) in [7, 11) is 1.59. The average molecular weight is 392 g/mol. The first kappa shape index (κ1) is 19.1. The molecular formula is C22H24N4O3. The molecular weight excluding hydrogens is 368 g/mol. The number of carbonyl (C=O) groups excluding carboxylic acids is 2. The van der Waals surface area contributed by atoms with Crippen molar-refractivity contribution in [2.24, 2.45) is 0 Å². The lowest BCUT2D eigenvalue weighted by Gasteiger charge is -2.36. The number of methoxy groups -OCH3 is 1. The second kappa shape index (κ2) is 8.45. The van der Waals surface area contributed by atoms with Crippen LogP contribution in [0.4, 0.5) is 0 Å². The molecule has 0 aliphatic carbocycles. The summed E-state index contributed by atoms with van der Waals surface area (Å²) in [6.45, 7) is 2.03. The molecule has 2 aromatic carbocycles. The number of hydrogen-bond donors (Lipinski definition) is 1. The molecule has 0 bridgehead atoms. The lowest BCUT2D eigenvalue weighted by Crippen LogP contribution is -2.47. The van der Waals surface area contributed by atoms with Crippen LogP contribution in [0.25, 0.3) is 10.8 Å². The fraction of sp³-hybridized carbons (Fsp3) is 0.318. The van der Waals surface area contributed by atoms with Crippen molar-refractivity contribution in [3.8, 4) is 0 Å². The fourth-order valence-electron chi connectivity index (χ4n) is 3.94. The summed E-state index contributed by atoms with van der Waals surface area (Å²) in [5, 5.41) is 4.75. The number of benzene rings is 2. The van der Waals surface area contributed by atoms with E-state index < -0.39 is 6.04 Å². The Morgan fingerprint density at radius 3 is 2.79 bits per heavy atom. The summed E-state index contributed by atoms with van der Waals surface area (Å²) < 4.78 is 7.01. The minimum atomic E-state index is -0.652. The van der Waals surface area contributed by atoms with E-state index in [1.165, 1.54) is 0 Å². The van der Waals surface area contributed by atoms with Gasteiger partial charge >= 0.3 is 0 Å². The van der Waals surface area contributed by atoms with Crippen LogP contribution < -0.4 is 5.32 Å². The summed E-state index contributed by atoms with van der Waals surface area (Å²) in [5.74, 6) is -0.285. The highest BCUT2D eigenvalue weighted by Gasteiger charge is 2.37. The molecule has 0 fully saturated rings. The highest BCUT2D eigenvalue weighted by atomic mass is 16.5. The largest absolute Gasteiger partial charge is 0.383 e. The number of ether oxygens (including phenoxy) is 1. The fourth-order valence-corrected chi connectivity index (χ4v) is 3.94. The van der Waals surface area contributed by atoms with E-state index in [1.807, 2.05) is 47.2 Å². The maximum atomic E-state index is 13.3. The Kier molecular flexibility index (Phi) is 5.57. The molecule has 0 spiro atoms. The smallest absolute Gasteiger partial charge is 0.255 e. The SMILES string of the molecule is COCCNC(=O)C1c2cccc3cccc(c23)C(=O)N1CCCn1ccnc1. The number of aryl methyl sites for hydroxylation is 1. The summed E-state index contributed by atoms with van der Waals surface area (Å²) in [6, 6.07) is 10.9. The first-order valence-corrected chi connectivity index (χ1v) is 9.75. The second-order valence-electron chi connectivity index (χ2n) is 7.09. The number of nitrogens with zero attached hydrogens (tertiary/aromatic N) is 3. The molecule has 1 aliphatic rings. The molecule has 7 nitrogen and oxygen atoms in total. The van der Waals surface area contributed by atoms with Gasteiger partial charge in [-0.15, -0.1) is 0 Å². The summed E-state index contributed by atoms with van der Waals surface area (Å²) >= 11 is 0. The molecule has 1 N–H and O–H groups in total. The van der Waals surface area contributed by atoms with Crippen LogP contribution in [0.5, 0.6) is 0 Å². The second-order valence-corrected chi connectivity index (χ2v) is 7.09. The van der Waals surface area contributed by atoms with Crippen molar-refractivity contribution in [3.05, 3.63) is 66.2 Å². The number of aromatic nitrogens is 2. The van der Waals surface area contributed by atoms with Crippen LogP contribution in [0.1, 0.15) is 28.4 Å². The third-order valence-electron chi connectivity index (χ3n) is 5.26. The molecule has 1 aromatic heterocycles. The molecule has 0 saturated heterocycles. The van der Waals surface area contributed by atoms with Gasteiger partial charge in [0.2, 0.25) is 5.91 Å². The molecule has 2 amide bonds. The number of carbonyl (C=O) groups is 2. The number of nitrogens with one attached hydrogen (secondary N) is 1. The Labute approximate surface area is 169 Å². The third kappa shape index (κ3) is 3.73. The van der Waals surface area contributed by atoms with E-state index in [0.29, 0.717) is 25.3 Å². The molecule has 0 saturated carbocycles. The Balaban J connectivity index is 1.66. The van der Waals surface area contributed by atoms with Crippen LogP contribution in [-0.2, 0) is 16.1 Å². The van der Waals surface area contributed by atoms with Gasteiger partial charge in [0.1, 0.15) is 6.04 Å². The van der Waals surface area contributed by atoms with Crippen molar-refractivity contribution in [1.82, 2.24) is 19.8 Å². The zero-order chi connectivity index (χ0) is 20.2. The van der Waals surface area contributed by atoms with Crippen molar-refractivity contribution < 1.29 is 14.3 Å². The Hall–Kier alpha value is -3.19. The van der Waals surface area contributed by atoms with Crippen LogP contribution in [-0.4, -0.2) is 53.1 Å². The summed E-state index contributed by atoms with van der Waals surface area (Å²) in [4.78, 5) is 32.2. The van der Waals surface area contributed by atoms with E-state index >= 15 is 0 Å². The maximum Gasteiger partial charge on any atom is 0.255 e. The molecule has 3 aromatic rings. The van der Waals surface area contributed by atoms with Crippen LogP contribution in [0, 0.1) is 0 Å². The third-order valence-corrected chi connectivity index (χ3v) is 5.26. The molecule has 29 heavy (non-hydrogen) atoms. The molecule has 2 heterocycles. The molecule has 1 unspecified atom stereocenters. The summed E-state index contributed by atoms with van der Waals surface area (Å²) in [6.07, 6.45) is 6.10. The maximum absolute atomic E-state index is 13.3. The lowest BCUT2D eigenvalue weighted by atomic mass is 9.88. The number of amides is 2. The topological polar surface area (TPSA) is 76.5 Å². The van der Waals surface area contributed by atoms with Crippen molar-refractivity contribution >= 4 is 22.6 Å².